The molecule has 3 heterocycles. The van der Waals surface area contributed by atoms with E-state index in [-0.39, 0.29) is 11.6 Å². The molecule has 0 spiro atoms. The molecule has 26 heavy (non-hydrogen) atoms. The van der Waals surface area contributed by atoms with Gasteiger partial charge in [0.05, 0.1) is 12.2 Å². The number of imidazole rings is 1. The van der Waals surface area contributed by atoms with Crippen LogP contribution in [0, 0.1) is 12.7 Å². The first-order valence-corrected chi connectivity index (χ1v) is 9.00. The molecule has 1 aliphatic heterocycles. The van der Waals surface area contributed by atoms with Gasteiger partial charge in [-0.3, -0.25) is 9.69 Å². The first-order chi connectivity index (χ1) is 12.6. The number of likely N-dealkylation sites (tertiary alicyclic amines) is 1. The number of hydrogen-bond acceptors (Lipinski definition) is 4. The first-order valence-electron chi connectivity index (χ1n) is 9.00. The molecular formula is C20H21FN4O. The summed E-state index contributed by atoms with van der Waals surface area (Å²) >= 11 is 0. The third-order valence-corrected chi connectivity index (χ3v) is 4.81. The second-order valence-corrected chi connectivity index (χ2v) is 6.82. The molecule has 5 nitrogen and oxygen atoms in total. The van der Waals surface area contributed by atoms with Gasteiger partial charge in [-0.2, -0.15) is 5.10 Å². The number of aromatic nitrogens is 3. The molecule has 1 fully saturated rings. The molecule has 0 aliphatic carbocycles. The van der Waals surface area contributed by atoms with Crippen molar-refractivity contribution in [3.63, 3.8) is 0 Å². The number of nitrogens with zero attached hydrogens (tertiary/aromatic N) is 4. The van der Waals surface area contributed by atoms with Crippen molar-refractivity contribution in [2.75, 3.05) is 19.6 Å². The van der Waals surface area contributed by atoms with Gasteiger partial charge in [-0.15, -0.1) is 0 Å². The number of aryl methyl sites for hydroxylation is 1. The molecule has 134 valence electrons. The minimum absolute atomic E-state index is 0.00294. The molecule has 1 aliphatic rings. The van der Waals surface area contributed by atoms with Gasteiger partial charge >= 0.3 is 0 Å². The summed E-state index contributed by atoms with van der Waals surface area (Å²) in [5.41, 5.74) is 3.19. The summed E-state index contributed by atoms with van der Waals surface area (Å²) in [4.78, 5) is 19.9. The molecule has 3 aromatic rings. The zero-order valence-corrected chi connectivity index (χ0v) is 14.8. The van der Waals surface area contributed by atoms with Gasteiger partial charge in [0.25, 0.3) is 0 Å². The number of hydrogen-bond donors (Lipinski definition) is 0. The van der Waals surface area contributed by atoms with Crippen LogP contribution in [-0.4, -0.2) is 44.9 Å². The number of carbonyl (C=O) groups excluding carboxylic acids is 1. The zero-order valence-electron chi connectivity index (χ0n) is 14.8. The third-order valence-electron chi connectivity index (χ3n) is 4.81. The van der Waals surface area contributed by atoms with Gasteiger partial charge in [0, 0.05) is 5.56 Å². The minimum Gasteiger partial charge on any atom is -0.296 e. The maximum absolute atomic E-state index is 13.3. The molecule has 0 unspecified atom stereocenters. The van der Waals surface area contributed by atoms with E-state index in [0.29, 0.717) is 23.6 Å². The Hall–Kier alpha value is -2.60. The van der Waals surface area contributed by atoms with E-state index in [0.717, 1.165) is 37.2 Å². The Morgan fingerprint density at radius 1 is 1.08 bits per heavy atom. The lowest BCUT2D eigenvalue weighted by molar-refractivity contribution is 0.0909. The van der Waals surface area contributed by atoms with Gasteiger partial charge in [0.15, 0.2) is 11.4 Å². The number of piperidine rings is 1. The van der Waals surface area contributed by atoms with Crippen molar-refractivity contribution in [3.8, 4) is 11.3 Å². The highest BCUT2D eigenvalue weighted by Gasteiger charge is 2.24. The van der Waals surface area contributed by atoms with Crippen LogP contribution < -0.4 is 0 Å². The van der Waals surface area contributed by atoms with E-state index in [4.69, 9.17) is 0 Å². The van der Waals surface area contributed by atoms with Crippen LogP contribution in [0.2, 0.25) is 0 Å². The van der Waals surface area contributed by atoms with Gasteiger partial charge < -0.3 is 0 Å². The van der Waals surface area contributed by atoms with Gasteiger partial charge in [-0.1, -0.05) is 6.42 Å². The van der Waals surface area contributed by atoms with E-state index >= 15 is 0 Å². The maximum atomic E-state index is 13.3. The minimum atomic E-state index is -0.312. The smallest absolute Gasteiger partial charge is 0.197 e. The monoisotopic (exact) mass is 352 g/mol. The van der Waals surface area contributed by atoms with E-state index < -0.39 is 0 Å². The topological polar surface area (TPSA) is 50.5 Å². The largest absolute Gasteiger partial charge is 0.296 e. The van der Waals surface area contributed by atoms with Crippen LogP contribution in [0.1, 0.15) is 35.4 Å². The normalized spacial score (nSPS) is 15.5. The maximum Gasteiger partial charge on any atom is 0.197 e. The van der Waals surface area contributed by atoms with Crippen LogP contribution in [-0.2, 0) is 0 Å². The number of rotatable bonds is 4. The summed E-state index contributed by atoms with van der Waals surface area (Å²) in [6.45, 7) is 4.13. The Labute approximate surface area is 151 Å². The molecule has 0 radical (unpaired) electrons. The molecule has 0 N–H and O–H groups in total. The number of fused-ring (bicyclic) bond motifs is 1. The summed E-state index contributed by atoms with van der Waals surface area (Å²) in [5.74, 6) is -0.315. The Morgan fingerprint density at radius 3 is 2.54 bits per heavy atom. The van der Waals surface area contributed by atoms with E-state index in [1.165, 1.54) is 18.6 Å². The Kier molecular flexibility index (Phi) is 4.51. The summed E-state index contributed by atoms with van der Waals surface area (Å²) < 4.78 is 14.9. The second kappa shape index (κ2) is 6.96. The number of benzene rings is 1. The zero-order chi connectivity index (χ0) is 18.1. The number of carbonyl (C=O) groups is 1. The SMILES string of the molecule is Cc1ccc2nc(-c3ccc(F)cc3)c(C(=O)CN3CCCCC3)n2n1. The summed E-state index contributed by atoms with van der Waals surface area (Å²) in [6.07, 6.45) is 3.48. The Morgan fingerprint density at radius 2 is 1.81 bits per heavy atom. The van der Waals surface area contributed by atoms with Crippen molar-refractivity contribution >= 4 is 11.4 Å². The van der Waals surface area contributed by atoms with E-state index in [2.05, 4.69) is 15.0 Å². The lowest BCUT2D eigenvalue weighted by Gasteiger charge is -2.25. The summed E-state index contributed by atoms with van der Waals surface area (Å²) in [6, 6.07) is 9.81. The van der Waals surface area contributed by atoms with Gasteiger partial charge in [-0.05, 0) is 69.3 Å². The number of Topliss-reactive ketones (excluding diaryl/α,β-unsaturated/α-hetero) is 1. The number of halogens is 1. The Bertz CT molecular complexity index is 942. The molecule has 4 rings (SSSR count). The van der Waals surface area contributed by atoms with Crippen molar-refractivity contribution in [2.24, 2.45) is 0 Å². The predicted octanol–water partition coefficient (Wildman–Crippen LogP) is 3.51. The standard InChI is InChI=1S/C20H21FN4O/c1-14-5-10-18-22-19(15-6-8-16(21)9-7-15)20(25(18)23-14)17(26)13-24-11-3-2-4-12-24/h5-10H,2-4,11-13H2,1H3. The van der Waals surface area contributed by atoms with Crippen LogP contribution in [0.3, 0.4) is 0 Å². The fourth-order valence-corrected chi connectivity index (χ4v) is 3.48. The molecule has 0 saturated carbocycles. The molecule has 0 bridgehead atoms. The van der Waals surface area contributed by atoms with Crippen LogP contribution in [0.25, 0.3) is 16.9 Å². The van der Waals surface area contributed by atoms with Crippen LogP contribution in [0.4, 0.5) is 4.39 Å². The van der Waals surface area contributed by atoms with Crippen molar-refractivity contribution < 1.29 is 9.18 Å². The van der Waals surface area contributed by atoms with Gasteiger partial charge in [0.1, 0.15) is 17.2 Å². The van der Waals surface area contributed by atoms with E-state index in [1.807, 2.05) is 19.1 Å². The quantitative estimate of drug-likeness (QED) is 0.674. The lowest BCUT2D eigenvalue weighted by atomic mass is 10.1. The lowest BCUT2D eigenvalue weighted by Crippen LogP contribution is -2.35. The van der Waals surface area contributed by atoms with Crippen LogP contribution in [0.5, 0.6) is 0 Å². The molecule has 6 heteroatoms. The molecule has 1 aromatic carbocycles. The fourth-order valence-electron chi connectivity index (χ4n) is 3.48. The highest BCUT2D eigenvalue weighted by Crippen LogP contribution is 2.25. The van der Waals surface area contributed by atoms with Crippen molar-refractivity contribution in [3.05, 3.63) is 53.6 Å². The highest BCUT2D eigenvalue weighted by molar-refractivity contribution is 6.02. The summed E-state index contributed by atoms with van der Waals surface area (Å²) in [7, 11) is 0. The second-order valence-electron chi connectivity index (χ2n) is 6.82. The Balaban J connectivity index is 1.79. The first kappa shape index (κ1) is 16.8. The predicted molar refractivity (Wildman–Crippen MR) is 97.7 cm³/mol. The number of ketones is 1. The van der Waals surface area contributed by atoms with E-state index in [9.17, 15) is 9.18 Å². The van der Waals surface area contributed by atoms with Crippen LogP contribution in [0.15, 0.2) is 36.4 Å². The fraction of sp³-hybridized carbons (Fsp3) is 0.350. The molecule has 0 atom stereocenters. The third kappa shape index (κ3) is 3.24. The molecule has 2 aromatic heterocycles. The molecule has 1 saturated heterocycles. The van der Waals surface area contributed by atoms with Crippen molar-refractivity contribution in [1.29, 1.82) is 0 Å². The van der Waals surface area contributed by atoms with Gasteiger partial charge in [-0.25, -0.2) is 13.9 Å². The van der Waals surface area contributed by atoms with Crippen molar-refractivity contribution in [1.82, 2.24) is 19.5 Å². The molecule has 0 amide bonds. The van der Waals surface area contributed by atoms with E-state index in [1.54, 1.807) is 16.6 Å². The molecular weight excluding hydrogens is 331 g/mol. The summed E-state index contributed by atoms with van der Waals surface area (Å²) in [5, 5.41) is 4.49. The highest BCUT2D eigenvalue weighted by atomic mass is 19.1. The van der Waals surface area contributed by atoms with Crippen molar-refractivity contribution in [2.45, 2.75) is 26.2 Å². The average Bonchev–Trinajstić information content (AvgIpc) is 3.01. The van der Waals surface area contributed by atoms with Gasteiger partial charge in [0.2, 0.25) is 0 Å². The van der Waals surface area contributed by atoms with Crippen LogP contribution >= 0.6 is 0 Å². The average molecular weight is 352 g/mol.